The van der Waals surface area contributed by atoms with E-state index in [1.54, 1.807) is 17.5 Å². The lowest BCUT2D eigenvalue weighted by Crippen LogP contribution is -2.26. The molecule has 1 N–H and O–H groups in total. The molecule has 1 amide bonds. The van der Waals surface area contributed by atoms with E-state index in [-0.39, 0.29) is 11.9 Å². The number of thiophene rings is 1. The molecular formula is C16H17N3OS. The molecular weight excluding hydrogens is 282 g/mol. The highest BCUT2D eigenvalue weighted by atomic mass is 32.1. The van der Waals surface area contributed by atoms with Gasteiger partial charge < -0.3 is 9.88 Å². The first-order chi connectivity index (χ1) is 10.2. The molecule has 4 nitrogen and oxygen atoms in total. The fraction of sp³-hybridized carbons (Fsp3) is 0.250. The minimum atomic E-state index is -0.0576. The van der Waals surface area contributed by atoms with Gasteiger partial charge in [-0.05, 0) is 43.5 Å². The number of rotatable bonds is 4. The summed E-state index contributed by atoms with van der Waals surface area (Å²) in [5.41, 5.74) is 1.57. The van der Waals surface area contributed by atoms with Crippen LogP contribution in [0.2, 0.25) is 0 Å². The van der Waals surface area contributed by atoms with Gasteiger partial charge in [0.05, 0.1) is 12.2 Å². The summed E-state index contributed by atoms with van der Waals surface area (Å²) in [4.78, 5) is 17.8. The first kappa shape index (κ1) is 13.8. The Kier molecular flexibility index (Phi) is 3.75. The van der Waals surface area contributed by atoms with Crippen LogP contribution in [0.4, 0.5) is 0 Å². The average Bonchev–Trinajstić information content (AvgIpc) is 3.05. The van der Waals surface area contributed by atoms with Gasteiger partial charge in [0.25, 0.3) is 5.91 Å². The van der Waals surface area contributed by atoms with Crippen LogP contribution in [0, 0.1) is 0 Å². The van der Waals surface area contributed by atoms with Crippen LogP contribution in [0.1, 0.15) is 36.1 Å². The van der Waals surface area contributed by atoms with Crippen molar-refractivity contribution in [3.8, 4) is 0 Å². The predicted molar refractivity (Wildman–Crippen MR) is 85.6 cm³/mol. The normalized spacial score (nSPS) is 11.2. The van der Waals surface area contributed by atoms with E-state index in [2.05, 4.69) is 40.2 Å². The predicted octanol–water partition coefficient (Wildman–Crippen LogP) is 3.61. The van der Waals surface area contributed by atoms with E-state index in [1.165, 1.54) is 0 Å². The molecule has 21 heavy (non-hydrogen) atoms. The van der Waals surface area contributed by atoms with Crippen molar-refractivity contribution in [1.29, 1.82) is 0 Å². The van der Waals surface area contributed by atoms with Crippen LogP contribution in [-0.2, 0) is 6.54 Å². The fourth-order valence-electron chi connectivity index (χ4n) is 2.39. The highest BCUT2D eigenvalue weighted by molar-refractivity contribution is 7.16. The zero-order valence-corrected chi connectivity index (χ0v) is 12.9. The first-order valence-corrected chi connectivity index (χ1v) is 7.81. The number of carbonyl (C=O) groups is 1. The van der Waals surface area contributed by atoms with Crippen molar-refractivity contribution in [2.45, 2.75) is 26.4 Å². The van der Waals surface area contributed by atoms with Crippen LogP contribution in [0.5, 0.6) is 0 Å². The van der Waals surface area contributed by atoms with E-state index in [1.807, 2.05) is 24.3 Å². The Balaban J connectivity index is 1.84. The molecule has 5 heteroatoms. The average molecular weight is 299 g/mol. The minimum Gasteiger partial charge on any atom is -0.345 e. The van der Waals surface area contributed by atoms with E-state index < -0.39 is 0 Å². The molecule has 0 aliphatic heterocycles. The van der Waals surface area contributed by atoms with Crippen molar-refractivity contribution in [1.82, 2.24) is 14.9 Å². The van der Waals surface area contributed by atoms with Gasteiger partial charge in [0, 0.05) is 17.6 Å². The van der Waals surface area contributed by atoms with Crippen LogP contribution in [0.3, 0.4) is 0 Å². The van der Waals surface area contributed by atoms with E-state index in [0.717, 1.165) is 15.9 Å². The second-order valence-electron chi connectivity index (χ2n) is 5.18. The van der Waals surface area contributed by atoms with E-state index in [9.17, 15) is 4.79 Å². The van der Waals surface area contributed by atoms with Crippen molar-refractivity contribution in [3.63, 3.8) is 0 Å². The number of amides is 1. The smallest absolute Gasteiger partial charge is 0.268 e. The maximum Gasteiger partial charge on any atom is 0.268 e. The quantitative estimate of drug-likeness (QED) is 0.800. The molecule has 0 saturated heterocycles. The highest BCUT2D eigenvalue weighted by Gasteiger charge is 2.18. The van der Waals surface area contributed by atoms with Gasteiger partial charge in [0.1, 0.15) is 10.5 Å². The van der Waals surface area contributed by atoms with Crippen molar-refractivity contribution in [2.75, 3.05) is 0 Å². The molecule has 0 fully saturated rings. The molecule has 0 aliphatic rings. The number of pyridine rings is 1. The molecule has 3 aromatic rings. The zero-order chi connectivity index (χ0) is 14.8. The third-order valence-corrected chi connectivity index (χ3v) is 4.28. The number of nitrogens with zero attached hydrogens (tertiary/aromatic N) is 2. The molecule has 0 atom stereocenters. The van der Waals surface area contributed by atoms with Gasteiger partial charge >= 0.3 is 0 Å². The molecule has 0 aliphatic carbocycles. The van der Waals surface area contributed by atoms with Crippen molar-refractivity contribution >= 4 is 27.5 Å². The van der Waals surface area contributed by atoms with Crippen LogP contribution in [0.25, 0.3) is 10.2 Å². The van der Waals surface area contributed by atoms with Crippen LogP contribution in [0.15, 0.2) is 41.9 Å². The monoisotopic (exact) mass is 299 g/mol. The van der Waals surface area contributed by atoms with E-state index >= 15 is 0 Å². The second kappa shape index (κ2) is 5.69. The minimum absolute atomic E-state index is 0.0576. The summed E-state index contributed by atoms with van der Waals surface area (Å²) < 4.78 is 2.09. The number of fused-ring (bicyclic) bond motifs is 1. The molecule has 3 rings (SSSR count). The lowest BCUT2D eigenvalue weighted by atomic mass is 10.3. The number of aromatic nitrogens is 2. The summed E-state index contributed by atoms with van der Waals surface area (Å²) in [6, 6.07) is 9.94. The van der Waals surface area contributed by atoms with Gasteiger partial charge in [-0.25, -0.2) is 0 Å². The summed E-state index contributed by atoms with van der Waals surface area (Å²) in [6.07, 6.45) is 1.73. The van der Waals surface area contributed by atoms with Crippen molar-refractivity contribution < 1.29 is 4.79 Å². The molecule has 0 aromatic carbocycles. The van der Waals surface area contributed by atoms with E-state index in [0.29, 0.717) is 12.2 Å². The van der Waals surface area contributed by atoms with Gasteiger partial charge in [-0.3, -0.25) is 9.78 Å². The molecule has 3 heterocycles. The van der Waals surface area contributed by atoms with Gasteiger partial charge in [-0.15, -0.1) is 11.3 Å². The number of hydrogen-bond acceptors (Lipinski definition) is 3. The summed E-state index contributed by atoms with van der Waals surface area (Å²) in [6.45, 7) is 4.62. The lowest BCUT2D eigenvalue weighted by molar-refractivity contribution is 0.0940. The standard InChI is InChI=1S/C16H17N3OS/c1-11(2)19-14(9-12-6-8-21-16(12)19)15(20)18-10-13-5-3-4-7-17-13/h3-9,11H,10H2,1-2H3,(H,18,20). The molecule has 0 radical (unpaired) electrons. The molecule has 108 valence electrons. The highest BCUT2D eigenvalue weighted by Crippen LogP contribution is 2.28. The largest absolute Gasteiger partial charge is 0.345 e. The lowest BCUT2D eigenvalue weighted by Gasteiger charge is -2.13. The zero-order valence-electron chi connectivity index (χ0n) is 12.0. The van der Waals surface area contributed by atoms with Crippen molar-refractivity contribution in [2.24, 2.45) is 0 Å². The Bertz CT molecular complexity index is 758. The third-order valence-electron chi connectivity index (χ3n) is 3.35. The Hall–Kier alpha value is -2.14. The maximum absolute atomic E-state index is 12.5. The number of hydrogen-bond donors (Lipinski definition) is 1. The maximum atomic E-state index is 12.5. The van der Waals surface area contributed by atoms with Gasteiger partial charge in [0.2, 0.25) is 0 Å². The third kappa shape index (κ3) is 2.69. The fourth-order valence-corrected chi connectivity index (χ4v) is 3.42. The molecule has 3 aromatic heterocycles. The first-order valence-electron chi connectivity index (χ1n) is 6.93. The summed E-state index contributed by atoms with van der Waals surface area (Å²) in [5, 5.41) is 6.12. The summed E-state index contributed by atoms with van der Waals surface area (Å²) in [5.74, 6) is -0.0576. The van der Waals surface area contributed by atoms with E-state index in [4.69, 9.17) is 0 Å². The molecule has 0 bridgehead atoms. The topological polar surface area (TPSA) is 46.9 Å². The van der Waals surface area contributed by atoms with Crippen LogP contribution in [-0.4, -0.2) is 15.5 Å². The van der Waals surface area contributed by atoms with Gasteiger partial charge in [-0.2, -0.15) is 0 Å². The summed E-state index contributed by atoms with van der Waals surface area (Å²) in [7, 11) is 0. The Morgan fingerprint density at radius 2 is 2.24 bits per heavy atom. The molecule has 0 spiro atoms. The molecule has 0 saturated carbocycles. The van der Waals surface area contributed by atoms with Crippen LogP contribution < -0.4 is 5.32 Å². The summed E-state index contributed by atoms with van der Waals surface area (Å²) >= 11 is 1.67. The van der Waals surface area contributed by atoms with Crippen molar-refractivity contribution in [3.05, 3.63) is 53.3 Å². The van der Waals surface area contributed by atoms with Gasteiger partial charge in [-0.1, -0.05) is 6.07 Å². The Morgan fingerprint density at radius 3 is 2.95 bits per heavy atom. The number of carbonyl (C=O) groups excluding carboxylic acids is 1. The molecule has 0 unspecified atom stereocenters. The SMILES string of the molecule is CC(C)n1c(C(=O)NCc2ccccn2)cc2ccsc21. The Morgan fingerprint density at radius 1 is 1.38 bits per heavy atom. The van der Waals surface area contributed by atoms with Crippen LogP contribution >= 0.6 is 11.3 Å². The number of nitrogens with one attached hydrogen (secondary N) is 1. The van der Waals surface area contributed by atoms with Gasteiger partial charge in [0.15, 0.2) is 0 Å². The second-order valence-corrected chi connectivity index (χ2v) is 6.07. The Labute approximate surface area is 127 Å².